The van der Waals surface area contributed by atoms with Gasteiger partial charge in [0.05, 0.1) is 6.10 Å². The van der Waals surface area contributed by atoms with Gasteiger partial charge in [-0.05, 0) is 76.3 Å². The van der Waals surface area contributed by atoms with Crippen LogP contribution >= 0.6 is 10.0 Å². The maximum absolute atomic E-state index is 9.92. The lowest BCUT2D eigenvalue weighted by Gasteiger charge is -2.25. The van der Waals surface area contributed by atoms with Crippen molar-refractivity contribution in [1.82, 2.24) is 4.90 Å². The van der Waals surface area contributed by atoms with Crippen molar-refractivity contribution >= 4 is 10.0 Å². The summed E-state index contributed by atoms with van der Waals surface area (Å²) in [6.07, 6.45) is 12.6. The molecule has 0 aromatic heterocycles. The number of aliphatic hydroxyl groups excluding tert-OH is 1. The van der Waals surface area contributed by atoms with E-state index in [-0.39, 0.29) is 16.1 Å². The molecule has 0 heterocycles. The van der Waals surface area contributed by atoms with Crippen LogP contribution in [0.5, 0.6) is 0 Å². The predicted molar refractivity (Wildman–Crippen MR) is 87.1 cm³/mol. The first-order valence-electron chi connectivity index (χ1n) is 7.45. The zero-order chi connectivity index (χ0) is 14.0. The molecule has 0 saturated heterocycles. The summed E-state index contributed by atoms with van der Waals surface area (Å²) in [5.41, 5.74) is 0. The number of aliphatic hydroxyl groups is 1. The summed E-state index contributed by atoms with van der Waals surface area (Å²) >= 11 is 0. The molecule has 18 heavy (non-hydrogen) atoms. The molecule has 1 unspecified atom stereocenters. The average Bonchev–Trinajstić information content (AvgIpc) is 2.27. The molecule has 0 radical (unpaired) electrons. The van der Waals surface area contributed by atoms with Gasteiger partial charge >= 0.3 is 0 Å². The lowest BCUT2D eigenvalue weighted by atomic mass is 10.1. The highest BCUT2D eigenvalue weighted by Crippen LogP contribution is 2.35. The quantitative estimate of drug-likeness (QED) is 0.586. The van der Waals surface area contributed by atoms with E-state index < -0.39 is 0 Å². The highest BCUT2D eigenvalue weighted by molar-refractivity contribution is 8.32. The zero-order valence-corrected chi connectivity index (χ0v) is 14.1. The summed E-state index contributed by atoms with van der Waals surface area (Å²) < 4.78 is 0. The van der Waals surface area contributed by atoms with Crippen LogP contribution in [0.15, 0.2) is 0 Å². The van der Waals surface area contributed by atoms with E-state index in [0.29, 0.717) is 0 Å². The van der Waals surface area contributed by atoms with Crippen LogP contribution in [0, 0.1) is 0 Å². The molecule has 0 saturated carbocycles. The van der Waals surface area contributed by atoms with Crippen LogP contribution in [-0.2, 0) is 0 Å². The van der Waals surface area contributed by atoms with Crippen molar-refractivity contribution in [2.45, 2.75) is 52.1 Å². The highest BCUT2D eigenvalue weighted by atomic mass is 32.3. The molecular formula is C15H35NOS. The van der Waals surface area contributed by atoms with E-state index in [1.165, 1.54) is 31.6 Å². The average molecular weight is 278 g/mol. The molecular weight excluding hydrogens is 242 g/mol. The van der Waals surface area contributed by atoms with Crippen molar-refractivity contribution in [3.8, 4) is 0 Å². The SMILES string of the molecule is CCN(CC)CCCCC(O)CCCS(C)(C)C. The summed E-state index contributed by atoms with van der Waals surface area (Å²) in [5.74, 6) is 1.30. The Morgan fingerprint density at radius 2 is 1.50 bits per heavy atom. The van der Waals surface area contributed by atoms with Crippen molar-refractivity contribution in [1.29, 1.82) is 0 Å². The summed E-state index contributed by atoms with van der Waals surface area (Å²) in [6.45, 7) is 7.91. The third-order valence-corrected chi connectivity index (χ3v) is 4.96. The number of nitrogens with zero attached hydrogens (tertiary/aromatic N) is 1. The Balaban J connectivity index is 3.45. The second kappa shape index (κ2) is 10.1. The van der Waals surface area contributed by atoms with Gasteiger partial charge in [-0.1, -0.05) is 13.8 Å². The van der Waals surface area contributed by atoms with Gasteiger partial charge in [-0.25, -0.2) is 10.0 Å². The fourth-order valence-electron chi connectivity index (χ4n) is 2.15. The fourth-order valence-corrected chi connectivity index (χ4v) is 3.18. The summed E-state index contributed by atoms with van der Waals surface area (Å²) in [6, 6.07) is 0. The Labute approximate surface area is 116 Å². The van der Waals surface area contributed by atoms with Gasteiger partial charge in [0.15, 0.2) is 0 Å². The molecule has 0 fully saturated rings. The molecule has 0 aromatic rings. The van der Waals surface area contributed by atoms with E-state index >= 15 is 0 Å². The third kappa shape index (κ3) is 11.4. The number of hydrogen-bond donors (Lipinski definition) is 1. The van der Waals surface area contributed by atoms with Gasteiger partial charge < -0.3 is 10.0 Å². The van der Waals surface area contributed by atoms with Crippen molar-refractivity contribution in [3.63, 3.8) is 0 Å². The summed E-state index contributed by atoms with van der Waals surface area (Å²) in [7, 11) is -0.381. The number of hydrogen-bond acceptors (Lipinski definition) is 2. The van der Waals surface area contributed by atoms with Crippen LogP contribution in [0.1, 0.15) is 46.0 Å². The molecule has 0 aliphatic carbocycles. The van der Waals surface area contributed by atoms with Crippen LogP contribution in [0.3, 0.4) is 0 Å². The van der Waals surface area contributed by atoms with Gasteiger partial charge in [-0.3, -0.25) is 0 Å². The Morgan fingerprint density at radius 3 is 2.00 bits per heavy atom. The molecule has 1 N–H and O–H groups in total. The van der Waals surface area contributed by atoms with Crippen LogP contribution in [-0.4, -0.2) is 60.3 Å². The predicted octanol–water partition coefficient (Wildman–Crippen LogP) is 3.33. The van der Waals surface area contributed by atoms with Gasteiger partial charge in [0, 0.05) is 0 Å². The molecule has 0 aromatic carbocycles. The molecule has 0 aliphatic rings. The van der Waals surface area contributed by atoms with Crippen LogP contribution in [0.2, 0.25) is 0 Å². The van der Waals surface area contributed by atoms with E-state index in [9.17, 15) is 5.11 Å². The van der Waals surface area contributed by atoms with Gasteiger partial charge in [0.2, 0.25) is 0 Å². The molecule has 0 aliphatic heterocycles. The minimum atomic E-state index is -0.381. The Kier molecular flexibility index (Phi) is 10.3. The molecule has 0 amide bonds. The Hall–Kier alpha value is 0.270. The number of rotatable bonds is 11. The third-order valence-electron chi connectivity index (χ3n) is 3.45. The topological polar surface area (TPSA) is 23.5 Å². The van der Waals surface area contributed by atoms with E-state index in [1.807, 2.05) is 0 Å². The summed E-state index contributed by atoms with van der Waals surface area (Å²) in [5, 5.41) is 9.92. The number of unbranched alkanes of at least 4 members (excludes halogenated alkanes) is 1. The summed E-state index contributed by atoms with van der Waals surface area (Å²) in [4.78, 5) is 2.45. The first-order chi connectivity index (χ1) is 8.39. The van der Waals surface area contributed by atoms with Crippen LogP contribution < -0.4 is 0 Å². The first-order valence-corrected chi connectivity index (χ1v) is 10.5. The smallest absolute Gasteiger partial charge is 0.0540 e. The van der Waals surface area contributed by atoms with Gasteiger partial charge in [0.1, 0.15) is 0 Å². The van der Waals surface area contributed by atoms with Gasteiger partial charge in [0.25, 0.3) is 0 Å². The maximum atomic E-state index is 9.92. The van der Waals surface area contributed by atoms with E-state index in [2.05, 4.69) is 37.5 Å². The second-order valence-electron chi connectivity index (χ2n) is 6.11. The largest absolute Gasteiger partial charge is 0.393 e. The molecule has 2 nitrogen and oxygen atoms in total. The lowest BCUT2D eigenvalue weighted by molar-refractivity contribution is 0.148. The standard InChI is InChI=1S/C15H35NOS/c1-6-16(7-2)13-9-8-11-15(17)12-10-14-18(3,4)5/h15,17H,6-14H2,1-5H3. The normalized spacial score (nSPS) is 15.1. The van der Waals surface area contributed by atoms with Gasteiger partial charge in [-0.15, -0.1) is 0 Å². The minimum absolute atomic E-state index is 0.0662. The van der Waals surface area contributed by atoms with Crippen molar-refractivity contribution in [2.75, 3.05) is 44.2 Å². The Bertz CT molecular complexity index is 187. The van der Waals surface area contributed by atoms with Crippen LogP contribution in [0.25, 0.3) is 0 Å². The monoisotopic (exact) mass is 277 g/mol. The van der Waals surface area contributed by atoms with Gasteiger partial charge in [-0.2, -0.15) is 0 Å². The van der Waals surface area contributed by atoms with E-state index in [4.69, 9.17) is 0 Å². The maximum Gasteiger partial charge on any atom is 0.0540 e. The van der Waals surface area contributed by atoms with Crippen LogP contribution in [0.4, 0.5) is 0 Å². The second-order valence-corrected chi connectivity index (χ2v) is 10.7. The molecule has 0 rings (SSSR count). The Morgan fingerprint density at radius 1 is 0.944 bits per heavy atom. The van der Waals surface area contributed by atoms with E-state index in [0.717, 1.165) is 25.9 Å². The first kappa shape index (κ1) is 18.3. The van der Waals surface area contributed by atoms with Crippen molar-refractivity contribution in [2.24, 2.45) is 0 Å². The minimum Gasteiger partial charge on any atom is -0.393 e. The molecule has 1 atom stereocenters. The molecule has 0 bridgehead atoms. The molecule has 3 heteroatoms. The van der Waals surface area contributed by atoms with Crippen molar-refractivity contribution in [3.05, 3.63) is 0 Å². The highest BCUT2D eigenvalue weighted by Gasteiger charge is 2.08. The fraction of sp³-hybridized carbons (Fsp3) is 1.00. The lowest BCUT2D eigenvalue weighted by Crippen LogP contribution is -2.24. The van der Waals surface area contributed by atoms with E-state index in [1.54, 1.807) is 0 Å². The zero-order valence-electron chi connectivity index (χ0n) is 13.2. The molecule has 0 spiro atoms. The van der Waals surface area contributed by atoms with Crippen molar-refractivity contribution < 1.29 is 5.11 Å². The molecule has 112 valence electrons.